The fourth-order valence-corrected chi connectivity index (χ4v) is 3.99. The molecule has 0 radical (unpaired) electrons. The van der Waals surface area contributed by atoms with Crippen LogP contribution in [0, 0.1) is 6.92 Å². The van der Waals surface area contributed by atoms with Gasteiger partial charge >= 0.3 is 0 Å². The van der Waals surface area contributed by atoms with Gasteiger partial charge in [-0.2, -0.15) is 0 Å². The molecule has 0 saturated carbocycles. The summed E-state index contributed by atoms with van der Waals surface area (Å²) in [5, 5.41) is 10.7. The molecule has 0 fully saturated rings. The van der Waals surface area contributed by atoms with Crippen molar-refractivity contribution < 1.29 is 9.84 Å². The van der Waals surface area contributed by atoms with Crippen molar-refractivity contribution in [2.45, 2.75) is 52.5 Å². The minimum atomic E-state index is 0.239. The molecular weight excluding hydrogens is 322 g/mol. The zero-order valence-electron chi connectivity index (χ0n) is 16.1. The van der Waals surface area contributed by atoms with Crippen LogP contribution in [0.3, 0.4) is 0 Å². The first-order valence-corrected chi connectivity index (χ1v) is 9.41. The summed E-state index contributed by atoms with van der Waals surface area (Å²) >= 11 is 0. The van der Waals surface area contributed by atoms with E-state index in [1.165, 1.54) is 11.1 Å². The van der Waals surface area contributed by atoms with Crippen molar-refractivity contribution in [2.75, 3.05) is 6.73 Å². The Morgan fingerprint density at radius 3 is 2.88 bits per heavy atom. The van der Waals surface area contributed by atoms with Gasteiger partial charge in [0.25, 0.3) is 0 Å². The van der Waals surface area contributed by atoms with Crippen LogP contribution in [-0.2, 0) is 6.54 Å². The lowest BCUT2D eigenvalue weighted by Gasteiger charge is -2.35. The van der Waals surface area contributed by atoms with E-state index in [1.807, 2.05) is 32.1 Å². The van der Waals surface area contributed by atoms with Gasteiger partial charge in [0.15, 0.2) is 6.73 Å². The highest BCUT2D eigenvalue weighted by molar-refractivity contribution is 5.57. The Hall–Kier alpha value is -2.42. The number of phenols is 1. The smallest absolute Gasteiger partial charge is 0.161 e. The van der Waals surface area contributed by atoms with Crippen molar-refractivity contribution in [3.63, 3.8) is 0 Å². The molecule has 1 aromatic rings. The minimum Gasteiger partial charge on any atom is -0.507 e. The number of nitrogens with zero attached hydrogens (tertiary/aromatic N) is 1. The third-order valence-corrected chi connectivity index (χ3v) is 5.27. The molecule has 1 aromatic carbocycles. The summed E-state index contributed by atoms with van der Waals surface area (Å²) in [6.45, 7) is 11.3. The Kier molecular flexibility index (Phi) is 5.55. The molecule has 1 atom stereocenters. The van der Waals surface area contributed by atoms with Crippen LogP contribution in [0.25, 0.3) is 0 Å². The molecule has 1 aliphatic carbocycles. The average molecular weight is 351 g/mol. The molecule has 0 amide bonds. The van der Waals surface area contributed by atoms with E-state index in [2.05, 4.69) is 30.6 Å². The topological polar surface area (TPSA) is 32.7 Å². The molecule has 138 valence electrons. The van der Waals surface area contributed by atoms with Crippen LogP contribution in [0.4, 0.5) is 0 Å². The van der Waals surface area contributed by atoms with Crippen LogP contribution < -0.4 is 4.74 Å². The van der Waals surface area contributed by atoms with Gasteiger partial charge < -0.3 is 14.7 Å². The number of phenolic OH excluding ortho intramolecular Hbond substituents is 1. The first-order valence-electron chi connectivity index (χ1n) is 9.41. The standard InChI is InChI=1S/C23H29NO2/c1-5-8-19(9-6-2)24-14-20-17(4)13-21(25)22(23(20)26-15-24)18-11-7-10-16(3)12-18/h5-6,8-9,12-13,18,25H,1,7,10-11,14-15H2,2-4H3/b9-6-,19-8+. The van der Waals surface area contributed by atoms with Crippen LogP contribution in [0.1, 0.15) is 55.7 Å². The largest absolute Gasteiger partial charge is 0.507 e. The Balaban J connectivity index is 2.01. The molecule has 1 N–H and O–H groups in total. The maximum Gasteiger partial charge on any atom is 0.161 e. The molecule has 0 saturated heterocycles. The first kappa shape index (κ1) is 18.4. The zero-order valence-corrected chi connectivity index (χ0v) is 16.1. The van der Waals surface area contributed by atoms with Crippen LogP contribution >= 0.6 is 0 Å². The predicted molar refractivity (Wildman–Crippen MR) is 107 cm³/mol. The van der Waals surface area contributed by atoms with Crippen molar-refractivity contribution in [3.8, 4) is 11.5 Å². The summed E-state index contributed by atoms with van der Waals surface area (Å²) in [6.07, 6.45) is 13.6. The number of rotatable bonds is 4. The highest BCUT2D eigenvalue weighted by Crippen LogP contribution is 2.45. The van der Waals surface area contributed by atoms with Gasteiger partial charge in [-0.05, 0) is 63.8 Å². The maximum atomic E-state index is 10.7. The minimum absolute atomic E-state index is 0.239. The molecule has 1 heterocycles. The Morgan fingerprint density at radius 2 is 2.19 bits per heavy atom. The normalized spacial score (nSPS) is 20.6. The second kappa shape index (κ2) is 7.86. The van der Waals surface area contributed by atoms with Crippen molar-refractivity contribution in [1.29, 1.82) is 0 Å². The van der Waals surface area contributed by atoms with Crippen LogP contribution in [0.15, 0.2) is 54.3 Å². The van der Waals surface area contributed by atoms with E-state index in [9.17, 15) is 5.11 Å². The first-order chi connectivity index (χ1) is 12.5. The number of fused-ring (bicyclic) bond motifs is 1. The van der Waals surface area contributed by atoms with Gasteiger partial charge in [0.05, 0.1) is 6.54 Å². The highest BCUT2D eigenvalue weighted by Gasteiger charge is 2.29. The monoisotopic (exact) mass is 351 g/mol. The fraction of sp³-hybridized carbons (Fsp3) is 0.391. The lowest BCUT2D eigenvalue weighted by atomic mass is 9.83. The van der Waals surface area contributed by atoms with E-state index in [-0.39, 0.29) is 5.92 Å². The second-order valence-electron chi connectivity index (χ2n) is 7.24. The molecule has 1 aliphatic heterocycles. The number of aromatic hydroxyl groups is 1. The maximum absolute atomic E-state index is 10.7. The molecule has 3 heteroatoms. The molecule has 1 unspecified atom stereocenters. The van der Waals surface area contributed by atoms with Crippen molar-refractivity contribution >= 4 is 0 Å². The second-order valence-corrected chi connectivity index (χ2v) is 7.24. The van der Waals surface area contributed by atoms with Gasteiger partial charge in [0, 0.05) is 22.7 Å². The predicted octanol–water partition coefficient (Wildman–Crippen LogP) is 5.71. The van der Waals surface area contributed by atoms with Crippen LogP contribution in [-0.4, -0.2) is 16.7 Å². The van der Waals surface area contributed by atoms with E-state index in [0.717, 1.165) is 48.4 Å². The van der Waals surface area contributed by atoms with Gasteiger partial charge in [0.2, 0.25) is 0 Å². The number of hydrogen-bond donors (Lipinski definition) is 1. The Bertz CT molecular complexity index is 786. The molecular formula is C23H29NO2. The summed E-state index contributed by atoms with van der Waals surface area (Å²) in [7, 11) is 0. The van der Waals surface area contributed by atoms with Gasteiger partial charge in [-0.15, -0.1) is 0 Å². The van der Waals surface area contributed by atoms with Crippen molar-refractivity contribution in [3.05, 3.63) is 71.0 Å². The summed E-state index contributed by atoms with van der Waals surface area (Å²) in [4.78, 5) is 2.19. The van der Waals surface area contributed by atoms with Crippen LogP contribution in [0.2, 0.25) is 0 Å². The summed E-state index contributed by atoms with van der Waals surface area (Å²) in [6, 6.07) is 1.89. The third-order valence-electron chi connectivity index (χ3n) is 5.27. The average Bonchev–Trinajstić information content (AvgIpc) is 2.61. The van der Waals surface area contributed by atoms with Gasteiger partial charge in [-0.25, -0.2) is 0 Å². The van der Waals surface area contributed by atoms with Crippen LogP contribution in [0.5, 0.6) is 11.5 Å². The van der Waals surface area contributed by atoms with E-state index < -0.39 is 0 Å². The highest BCUT2D eigenvalue weighted by atomic mass is 16.5. The molecule has 0 spiro atoms. The molecule has 26 heavy (non-hydrogen) atoms. The quantitative estimate of drug-likeness (QED) is 0.557. The van der Waals surface area contributed by atoms with Crippen molar-refractivity contribution in [1.82, 2.24) is 4.90 Å². The number of benzene rings is 1. The SMILES string of the molecule is C=C/C=C(\C=C/C)N1COc2c(c(C)cc(O)c2C2C=C(C)CCC2)C1. The number of hydrogen-bond acceptors (Lipinski definition) is 3. The van der Waals surface area contributed by atoms with E-state index in [4.69, 9.17) is 4.74 Å². The molecule has 0 bridgehead atoms. The summed E-state index contributed by atoms with van der Waals surface area (Å²) in [5.41, 5.74) is 5.68. The van der Waals surface area contributed by atoms with Gasteiger partial charge in [-0.1, -0.05) is 30.4 Å². The fourth-order valence-electron chi connectivity index (χ4n) is 3.99. The van der Waals surface area contributed by atoms with E-state index in [0.29, 0.717) is 12.5 Å². The van der Waals surface area contributed by atoms with E-state index in [1.54, 1.807) is 6.08 Å². The van der Waals surface area contributed by atoms with Crippen molar-refractivity contribution in [2.24, 2.45) is 0 Å². The third kappa shape index (κ3) is 3.57. The molecule has 0 aromatic heterocycles. The lowest BCUT2D eigenvalue weighted by Crippen LogP contribution is -2.32. The van der Waals surface area contributed by atoms with Gasteiger partial charge in [-0.3, -0.25) is 0 Å². The Labute approximate surface area is 157 Å². The molecule has 2 aliphatic rings. The molecule has 3 nitrogen and oxygen atoms in total. The number of ether oxygens (including phenoxy) is 1. The Morgan fingerprint density at radius 1 is 1.38 bits per heavy atom. The number of aryl methyl sites for hydroxylation is 1. The van der Waals surface area contributed by atoms with E-state index >= 15 is 0 Å². The molecule has 3 rings (SSSR count). The summed E-state index contributed by atoms with van der Waals surface area (Å²) in [5.74, 6) is 1.48. The van der Waals surface area contributed by atoms with Gasteiger partial charge in [0.1, 0.15) is 11.5 Å². The zero-order chi connectivity index (χ0) is 18.7. The lowest BCUT2D eigenvalue weighted by molar-refractivity contribution is 0.129. The number of allylic oxidation sites excluding steroid dienone is 6. The summed E-state index contributed by atoms with van der Waals surface area (Å²) < 4.78 is 6.22.